The highest BCUT2D eigenvalue weighted by Gasteiger charge is 2.12. The summed E-state index contributed by atoms with van der Waals surface area (Å²) < 4.78 is 38.3. The molecule has 2 aromatic rings. The Hall–Kier alpha value is -2.41. The Bertz CT molecular complexity index is 803. The molecule has 7 heteroatoms. The molecule has 2 N–H and O–H groups in total. The molecule has 24 heavy (non-hydrogen) atoms. The first-order chi connectivity index (χ1) is 11.3. The molecule has 5 nitrogen and oxygen atoms in total. The predicted molar refractivity (Wildman–Crippen MR) is 91.8 cm³/mol. The van der Waals surface area contributed by atoms with Crippen LogP contribution in [0.2, 0.25) is 0 Å². The number of benzene rings is 2. The van der Waals surface area contributed by atoms with Gasteiger partial charge in [0.2, 0.25) is 10.0 Å². The Morgan fingerprint density at radius 3 is 2.21 bits per heavy atom. The van der Waals surface area contributed by atoms with Crippen molar-refractivity contribution < 1.29 is 17.6 Å². The van der Waals surface area contributed by atoms with Crippen LogP contribution in [-0.2, 0) is 10.0 Å². The van der Waals surface area contributed by atoms with E-state index in [1.54, 1.807) is 38.1 Å². The van der Waals surface area contributed by atoms with Crippen molar-refractivity contribution in [1.82, 2.24) is 5.32 Å². The number of halogens is 1. The molecular formula is C17H19FN2O3S. The van der Waals surface area contributed by atoms with Gasteiger partial charge in [-0.2, -0.15) is 0 Å². The van der Waals surface area contributed by atoms with Crippen LogP contribution in [0.5, 0.6) is 0 Å². The lowest BCUT2D eigenvalue weighted by atomic mass is 10.1. The molecule has 0 aliphatic carbocycles. The molecule has 2 rings (SSSR count). The maximum absolute atomic E-state index is 12.9. The van der Waals surface area contributed by atoms with Gasteiger partial charge in [-0.15, -0.1) is 0 Å². The van der Waals surface area contributed by atoms with Gasteiger partial charge in [0.25, 0.3) is 5.91 Å². The topological polar surface area (TPSA) is 75.3 Å². The smallest absolute Gasteiger partial charge is 0.251 e. The molecule has 0 radical (unpaired) electrons. The van der Waals surface area contributed by atoms with Crippen molar-refractivity contribution >= 4 is 21.6 Å². The van der Waals surface area contributed by atoms with E-state index in [0.717, 1.165) is 5.56 Å². The normalized spacial score (nSPS) is 12.5. The molecule has 128 valence electrons. The van der Waals surface area contributed by atoms with E-state index in [-0.39, 0.29) is 23.5 Å². The maximum Gasteiger partial charge on any atom is 0.251 e. The largest absolute Gasteiger partial charge is 0.346 e. The van der Waals surface area contributed by atoms with Gasteiger partial charge in [0.1, 0.15) is 5.82 Å². The molecule has 0 fully saturated rings. The molecule has 1 amide bonds. The van der Waals surface area contributed by atoms with E-state index in [1.807, 2.05) is 0 Å². The molecule has 0 bridgehead atoms. The van der Waals surface area contributed by atoms with E-state index < -0.39 is 10.0 Å². The molecule has 0 spiro atoms. The molecular weight excluding hydrogens is 331 g/mol. The fourth-order valence-corrected chi connectivity index (χ4v) is 2.70. The Morgan fingerprint density at radius 2 is 1.67 bits per heavy atom. The second-order valence-electron chi connectivity index (χ2n) is 5.33. The number of rotatable bonds is 6. The number of hydrogen-bond acceptors (Lipinski definition) is 3. The molecule has 0 heterocycles. The third kappa shape index (κ3) is 4.79. The van der Waals surface area contributed by atoms with E-state index in [4.69, 9.17) is 0 Å². The molecule has 0 unspecified atom stereocenters. The van der Waals surface area contributed by atoms with Gasteiger partial charge < -0.3 is 5.32 Å². The minimum atomic E-state index is -3.35. The molecule has 0 saturated carbocycles. The first kappa shape index (κ1) is 17.9. The quantitative estimate of drug-likeness (QED) is 0.841. The van der Waals surface area contributed by atoms with Crippen LogP contribution in [0.25, 0.3) is 0 Å². The summed E-state index contributed by atoms with van der Waals surface area (Å²) in [7, 11) is -3.35. The number of carbonyl (C=O) groups is 1. The summed E-state index contributed by atoms with van der Waals surface area (Å²) in [4.78, 5) is 12.2. The van der Waals surface area contributed by atoms with Gasteiger partial charge in [0, 0.05) is 11.3 Å². The summed E-state index contributed by atoms with van der Waals surface area (Å²) in [5.74, 6) is -0.649. The van der Waals surface area contributed by atoms with E-state index in [1.165, 1.54) is 24.3 Å². The third-order valence-electron chi connectivity index (χ3n) is 3.52. The van der Waals surface area contributed by atoms with Gasteiger partial charge in [-0.3, -0.25) is 9.52 Å². The summed E-state index contributed by atoms with van der Waals surface area (Å²) in [6.45, 7) is 3.34. The van der Waals surface area contributed by atoms with E-state index >= 15 is 0 Å². The summed E-state index contributed by atoms with van der Waals surface area (Å²) in [5.41, 5.74) is 1.60. The first-order valence-electron chi connectivity index (χ1n) is 7.47. The lowest BCUT2D eigenvalue weighted by molar-refractivity contribution is 0.0940. The van der Waals surface area contributed by atoms with Gasteiger partial charge in [-0.1, -0.05) is 12.1 Å². The molecule has 0 aliphatic heterocycles. The van der Waals surface area contributed by atoms with Crippen molar-refractivity contribution in [3.8, 4) is 0 Å². The summed E-state index contributed by atoms with van der Waals surface area (Å²) in [5, 5.41) is 2.81. The minimum absolute atomic E-state index is 0.0234. The summed E-state index contributed by atoms with van der Waals surface area (Å²) in [6.07, 6.45) is 0. The van der Waals surface area contributed by atoms with E-state index in [2.05, 4.69) is 10.0 Å². The monoisotopic (exact) mass is 350 g/mol. The average molecular weight is 350 g/mol. The lowest BCUT2D eigenvalue weighted by Gasteiger charge is -2.14. The lowest BCUT2D eigenvalue weighted by Crippen LogP contribution is -2.26. The zero-order valence-corrected chi connectivity index (χ0v) is 14.2. The van der Waals surface area contributed by atoms with Gasteiger partial charge in [0.15, 0.2) is 0 Å². The Labute approximate surface area is 141 Å². The maximum atomic E-state index is 12.9. The minimum Gasteiger partial charge on any atom is -0.346 e. The summed E-state index contributed by atoms with van der Waals surface area (Å²) >= 11 is 0. The van der Waals surface area contributed by atoms with Gasteiger partial charge in [0.05, 0.1) is 11.8 Å². The first-order valence-corrected chi connectivity index (χ1v) is 9.13. The Balaban J connectivity index is 2.03. The fraction of sp³-hybridized carbons (Fsp3) is 0.235. The number of nitrogens with one attached hydrogen (secondary N) is 2. The van der Waals surface area contributed by atoms with Crippen LogP contribution in [0.1, 0.15) is 35.8 Å². The highest BCUT2D eigenvalue weighted by molar-refractivity contribution is 7.92. The van der Waals surface area contributed by atoms with Crippen LogP contribution < -0.4 is 10.0 Å². The molecule has 2 aromatic carbocycles. The van der Waals surface area contributed by atoms with Crippen molar-refractivity contribution in [2.75, 3.05) is 10.5 Å². The highest BCUT2D eigenvalue weighted by Crippen LogP contribution is 2.15. The van der Waals surface area contributed by atoms with Crippen LogP contribution in [0.3, 0.4) is 0 Å². The molecule has 1 atom stereocenters. The van der Waals surface area contributed by atoms with Gasteiger partial charge in [-0.05, 0) is 55.8 Å². The Kier molecular flexibility index (Phi) is 5.56. The second-order valence-corrected chi connectivity index (χ2v) is 7.34. The van der Waals surface area contributed by atoms with Crippen molar-refractivity contribution in [2.45, 2.75) is 19.9 Å². The number of carbonyl (C=O) groups excluding carboxylic acids is 1. The van der Waals surface area contributed by atoms with Crippen LogP contribution in [0.4, 0.5) is 10.1 Å². The van der Waals surface area contributed by atoms with E-state index in [0.29, 0.717) is 11.3 Å². The number of sulfonamides is 1. The van der Waals surface area contributed by atoms with Crippen molar-refractivity contribution in [1.29, 1.82) is 0 Å². The van der Waals surface area contributed by atoms with Crippen LogP contribution in [-0.4, -0.2) is 20.1 Å². The standard InChI is InChI=1S/C17H19FN2O3S/c1-3-24(22,23)20-16-10-6-14(7-11-16)17(21)19-12(2)13-4-8-15(18)9-5-13/h4-12,20H,3H2,1-2H3,(H,19,21)/t12-/m0/s1. The highest BCUT2D eigenvalue weighted by atomic mass is 32.2. The zero-order valence-electron chi connectivity index (χ0n) is 13.4. The number of hydrogen-bond donors (Lipinski definition) is 2. The Morgan fingerprint density at radius 1 is 1.08 bits per heavy atom. The van der Waals surface area contributed by atoms with Crippen LogP contribution in [0, 0.1) is 5.82 Å². The molecule has 0 aromatic heterocycles. The van der Waals surface area contributed by atoms with Gasteiger partial charge >= 0.3 is 0 Å². The average Bonchev–Trinajstić information content (AvgIpc) is 2.55. The SMILES string of the molecule is CCS(=O)(=O)Nc1ccc(C(=O)N[C@@H](C)c2ccc(F)cc2)cc1. The zero-order chi connectivity index (χ0) is 17.7. The van der Waals surface area contributed by atoms with Crippen molar-refractivity contribution in [3.05, 3.63) is 65.5 Å². The molecule has 0 aliphatic rings. The third-order valence-corrected chi connectivity index (χ3v) is 4.82. The second kappa shape index (κ2) is 7.44. The van der Waals surface area contributed by atoms with Crippen LogP contribution in [0.15, 0.2) is 48.5 Å². The fourth-order valence-electron chi connectivity index (χ4n) is 2.06. The van der Waals surface area contributed by atoms with Crippen molar-refractivity contribution in [2.24, 2.45) is 0 Å². The summed E-state index contributed by atoms with van der Waals surface area (Å²) in [6, 6.07) is 11.8. The molecule has 0 saturated heterocycles. The van der Waals surface area contributed by atoms with Crippen molar-refractivity contribution in [3.63, 3.8) is 0 Å². The van der Waals surface area contributed by atoms with Gasteiger partial charge in [-0.25, -0.2) is 12.8 Å². The predicted octanol–water partition coefficient (Wildman–Crippen LogP) is 3.08. The number of amides is 1. The van der Waals surface area contributed by atoms with Crippen LogP contribution >= 0.6 is 0 Å². The van der Waals surface area contributed by atoms with E-state index in [9.17, 15) is 17.6 Å². The number of anilines is 1.